The minimum absolute atomic E-state index is 0.0232. The van der Waals surface area contributed by atoms with Crippen molar-refractivity contribution in [2.75, 3.05) is 6.26 Å². The molecule has 120 valence electrons. The van der Waals surface area contributed by atoms with E-state index in [0.717, 1.165) is 5.69 Å². The molecule has 1 aromatic carbocycles. The van der Waals surface area contributed by atoms with Gasteiger partial charge < -0.3 is 0 Å². The third kappa shape index (κ3) is 2.57. The van der Waals surface area contributed by atoms with Crippen LogP contribution in [0.3, 0.4) is 0 Å². The second-order valence-electron chi connectivity index (χ2n) is 5.18. The predicted octanol–water partition coefficient (Wildman–Crippen LogP) is 1.92. The number of fused-ring (bicyclic) bond motifs is 1. The van der Waals surface area contributed by atoms with Gasteiger partial charge in [0, 0.05) is 17.6 Å². The Labute approximate surface area is 136 Å². The average Bonchev–Trinajstić information content (AvgIpc) is 2.88. The van der Waals surface area contributed by atoms with E-state index >= 15 is 0 Å². The van der Waals surface area contributed by atoms with Crippen molar-refractivity contribution in [2.24, 2.45) is 0 Å². The molecule has 0 fully saturated rings. The first kappa shape index (κ1) is 15.8. The van der Waals surface area contributed by atoms with Crippen LogP contribution in [0.15, 0.2) is 51.2 Å². The maximum atomic E-state index is 13.0. The molecule has 0 amide bonds. The lowest BCUT2D eigenvalue weighted by molar-refractivity contribution is 0.594. The number of aryl methyl sites for hydroxylation is 2. The lowest BCUT2D eigenvalue weighted by Gasteiger charge is -2.05. The Morgan fingerprint density at radius 1 is 1.13 bits per heavy atom. The Hall–Kier alpha value is -2.06. The number of sulfone groups is 1. The Morgan fingerprint density at radius 3 is 2.39 bits per heavy atom. The lowest BCUT2D eigenvalue weighted by atomic mass is 10.3. The van der Waals surface area contributed by atoms with Crippen molar-refractivity contribution in [1.29, 1.82) is 0 Å². The normalized spacial score (nSPS) is 13.3. The maximum absolute atomic E-state index is 13.0. The number of rotatable bonds is 3. The summed E-state index contributed by atoms with van der Waals surface area (Å²) in [5.41, 5.74) is 1.61. The summed E-state index contributed by atoms with van der Waals surface area (Å²) in [6.07, 6.45) is 1.41. The quantitative estimate of drug-likeness (QED) is 0.721. The molecule has 1 atom stereocenters. The first-order valence-electron chi connectivity index (χ1n) is 6.83. The summed E-state index contributed by atoms with van der Waals surface area (Å²) in [6.45, 7) is 3.58. The molecule has 23 heavy (non-hydrogen) atoms. The minimum atomic E-state index is -3.87. The Bertz CT molecular complexity index is 1030. The van der Waals surface area contributed by atoms with Gasteiger partial charge in [0.2, 0.25) is 9.84 Å². The van der Waals surface area contributed by atoms with Crippen LogP contribution in [0.5, 0.6) is 0 Å². The van der Waals surface area contributed by atoms with E-state index in [-0.39, 0.29) is 20.5 Å². The Balaban J connectivity index is 2.45. The van der Waals surface area contributed by atoms with Gasteiger partial charge in [-0.05, 0) is 32.0 Å². The Morgan fingerprint density at radius 2 is 1.78 bits per heavy atom. The largest absolute Gasteiger partial charge is 0.253 e. The summed E-state index contributed by atoms with van der Waals surface area (Å²) in [5.74, 6) is 0. The van der Waals surface area contributed by atoms with Crippen molar-refractivity contribution < 1.29 is 12.6 Å². The van der Waals surface area contributed by atoms with Crippen molar-refractivity contribution in [2.45, 2.75) is 28.7 Å². The molecule has 1 unspecified atom stereocenters. The summed E-state index contributed by atoms with van der Waals surface area (Å²) in [7, 11) is -5.43. The molecule has 0 N–H and O–H groups in total. The Kier molecular flexibility index (Phi) is 3.81. The van der Waals surface area contributed by atoms with Crippen molar-refractivity contribution in [1.82, 2.24) is 14.6 Å². The van der Waals surface area contributed by atoms with Crippen molar-refractivity contribution in [3.63, 3.8) is 0 Å². The molecule has 8 heteroatoms. The molecule has 0 saturated carbocycles. The summed E-state index contributed by atoms with van der Waals surface area (Å²) in [6, 6.07) is 9.83. The highest BCUT2D eigenvalue weighted by molar-refractivity contribution is 7.92. The van der Waals surface area contributed by atoms with Gasteiger partial charge in [-0.25, -0.2) is 17.9 Å². The van der Waals surface area contributed by atoms with E-state index in [2.05, 4.69) is 10.1 Å². The number of aromatic nitrogens is 3. The number of hydrogen-bond donors (Lipinski definition) is 0. The third-order valence-electron chi connectivity index (χ3n) is 3.42. The fourth-order valence-corrected chi connectivity index (χ4v) is 5.05. The van der Waals surface area contributed by atoms with E-state index in [0.29, 0.717) is 5.69 Å². The second kappa shape index (κ2) is 5.54. The van der Waals surface area contributed by atoms with Crippen LogP contribution in [-0.2, 0) is 20.6 Å². The predicted molar refractivity (Wildman–Crippen MR) is 86.7 cm³/mol. The van der Waals surface area contributed by atoms with E-state index in [1.54, 1.807) is 38.1 Å². The molecular formula is C15H15N3O3S2. The van der Waals surface area contributed by atoms with Gasteiger partial charge in [0.15, 0.2) is 15.6 Å². The number of benzene rings is 1. The molecule has 0 spiro atoms. The first-order chi connectivity index (χ1) is 10.8. The molecule has 0 aliphatic carbocycles. The van der Waals surface area contributed by atoms with E-state index in [1.807, 2.05) is 0 Å². The van der Waals surface area contributed by atoms with Gasteiger partial charge in [0.25, 0.3) is 0 Å². The van der Waals surface area contributed by atoms with E-state index in [1.165, 1.54) is 22.9 Å². The molecule has 6 nitrogen and oxygen atoms in total. The molecule has 3 rings (SSSR count). The van der Waals surface area contributed by atoms with Crippen molar-refractivity contribution in [3.8, 4) is 0 Å². The highest BCUT2D eigenvalue weighted by atomic mass is 32.2. The average molecular weight is 349 g/mol. The zero-order valence-corrected chi connectivity index (χ0v) is 14.5. The van der Waals surface area contributed by atoms with E-state index in [4.69, 9.17) is 0 Å². The van der Waals surface area contributed by atoms with E-state index < -0.39 is 20.6 Å². The van der Waals surface area contributed by atoms with Crippen LogP contribution in [0.1, 0.15) is 11.4 Å². The molecular weight excluding hydrogens is 334 g/mol. The number of hydrogen-bond acceptors (Lipinski definition) is 5. The SMILES string of the molecule is Cc1cc(C)n2nc(S(C)=O)c(S(=O)(=O)c3ccccc3)c2n1. The van der Waals surface area contributed by atoms with Crippen molar-refractivity contribution >= 4 is 26.3 Å². The van der Waals surface area contributed by atoms with Crippen LogP contribution in [0, 0.1) is 13.8 Å². The molecule has 0 aliphatic heterocycles. The van der Waals surface area contributed by atoms with Crippen molar-refractivity contribution in [3.05, 3.63) is 47.8 Å². The van der Waals surface area contributed by atoms with Gasteiger partial charge in [-0.2, -0.15) is 5.10 Å². The first-order valence-corrected chi connectivity index (χ1v) is 9.87. The molecule has 0 saturated heterocycles. The summed E-state index contributed by atoms with van der Waals surface area (Å²) in [5, 5.41) is 4.24. The van der Waals surface area contributed by atoms with Gasteiger partial charge in [0.05, 0.1) is 15.7 Å². The van der Waals surface area contributed by atoms with Gasteiger partial charge in [0.1, 0.15) is 0 Å². The topological polar surface area (TPSA) is 81.4 Å². The maximum Gasteiger partial charge on any atom is 0.213 e. The lowest BCUT2D eigenvalue weighted by Crippen LogP contribution is -2.06. The fraction of sp³-hybridized carbons (Fsp3) is 0.200. The fourth-order valence-electron chi connectivity index (χ4n) is 2.42. The standard InChI is InChI=1S/C15H15N3O3S2/c1-10-9-11(2)18-14(16-10)13(15(17-18)22(3)19)23(20,21)12-7-5-4-6-8-12/h4-9H,1-3H3. The molecule has 0 bridgehead atoms. The monoisotopic (exact) mass is 349 g/mol. The smallest absolute Gasteiger partial charge is 0.213 e. The molecule has 3 aromatic rings. The zero-order chi connectivity index (χ0) is 16.8. The molecule has 2 aromatic heterocycles. The van der Waals surface area contributed by atoms with Gasteiger partial charge in [-0.3, -0.25) is 4.21 Å². The van der Waals surface area contributed by atoms with Gasteiger partial charge in [-0.15, -0.1) is 0 Å². The van der Waals surface area contributed by atoms with Crippen LogP contribution in [-0.4, -0.2) is 33.5 Å². The molecule has 0 aliphatic rings. The van der Waals surface area contributed by atoms with Crippen LogP contribution in [0.25, 0.3) is 5.65 Å². The van der Waals surface area contributed by atoms with Crippen LogP contribution in [0.4, 0.5) is 0 Å². The molecule has 2 heterocycles. The third-order valence-corrected chi connectivity index (χ3v) is 6.18. The van der Waals surface area contributed by atoms with Crippen LogP contribution in [0.2, 0.25) is 0 Å². The van der Waals surface area contributed by atoms with Gasteiger partial charge >= 0.3 is 0 Å². The summed E-state index contributed by atoms with van der Waals surface area (Å²) >= 11 is 0. The summed E-state index contributed by atoms with van der Waals surface area (Å²) < 4.78 is 39.5. The highest BCUT2D eigenvalue weighted by Crippen LogP contribution is 2.29. The second-order valence-corrected chi connectivity index (χ2v) is 8.36. The van der Waals surface area contributed by atoms with Gasteiger partial charge in [-0.1, -0.05) is 18.2 Å². The van der Waals surface area contributed by atoms with E-state index in [9.17, 15) is 12.6 Å². The van der Waals surface area contributed by atoms with Crippen LogP contribution >= 0.6 is 0 Å². The minimum Gasteiger partial charge on any atom is -0.253 e. The zero-order valence-electron chi connectivity index (χ0n) is 12.8. The highest BCUT2D eigenvalue weighted by Gasteiger charge is 2.30. The summed E-state index contributed by atoms with van der Waals surface area (Å²) in [4.78, 5) is 4.36. The number of nitrogens with zero attached hydrogens (tertiary/aromatic N) is 3. The van der Waals surface area contributed by atoms with Crippen LogP contribution < -0.4 is 0 Å². The molecule has 0 radical (unpaired) electrons.